The highest BCUT2D eigenvalue weighted by molar-refractivity contribution is 14.1. The average Bonchev–Trinajstić information content (AvgIpc) is 2.86. The van der Waals surface area contributed by atoms with Crippen LogP contribution in [0.15, 0.2) is 4.52 Å². The molecule has 0 aliphatic heterocycles. The zero-order valence-electron chi connectivity index (χ0n) is 13.7. The van der Waals surface area contributed by atoms with E-state index in [4.69, 9.17) is 10.3 Å². The second-order valence-corrected chi connectivity index (χ2v) is 8.29. The molecular weight excluding hydrogens is 445 g/mol. The predicted octanol–water partition coefficient (Wildman–Crippen LogP) is 3.61. The highest BCUT2D eigenvalue weighted by Gasteiger charge is 2.60. The van der Waals surface area contributed by atoms with Crippen LogP contribution in [0.2, 0.25) is 0 Å². The van der Waals surface area contributed by atoms with E-state index in [1.807, 2.05) is 43.4 Å². The molecule has 0 aromatic carbocycles. The Kier molecular flexibility index (Phi) is 3.38. The lowest BCUT2D eigenvalue weighted by Gasteiger charge is -2.16. The topological polar surface area (TPSA) is 107 Å². The highest BCUT2D eigenvalue weighted by Crippen LogP contribution is 2.57. The third kappa shape index (κ3) is 2.57. The van der Waals surface area contributed by atoms with Crippen molar-refractivity contribution >= 4 is 39.4 Å². The summed E-state index contributed by atoms with van der Waals surface area (Å²) in [6.45, 7) is 5.93. The molecule has 3 aromatic heterocycles. The quantitative estimate of drug-likeness (QED) is 0.566. The molecule has 0 saturated heterocycles. The summed E-state index contributed by atoms with van der Waals surface area (Å²) in [5.74, 6) is -2.62. The first-order valence-electron chi connectivity index (χ1n) is 7.65. The van der Waals surface area contributed by atoms with Gasteiger partial charge in [0.2, 0.25) is 0 Å². The summed E-state index contributed by atoms with van der Waals surface area (Å²) in [5.41, 5.74) is 7.10. The maximum absolute atomic E-state index is 13.3. The molecule has 3 aromatic rings. The van der Waals surface area contributed by atoms with Gasteiger partial charge in [0.25, 0.3) is 5.92 Å². The Morgan fingerprint density at radius 1 is 1.32 bits per heavy atom. The van der Waals surface area contributed by atoms with Crippen molar-refractivity contribution < 1.29 is 13.3 Å². The van der Waals surface area contributed by atoms with E-state index in [9.17, 15) is 8.78 Å². The van der Waals surface area contributed by atoms with Crippen LogP contribution in [0.4, 0.5) is 14.6 Å². The van der Waals surface area contributed by atoms with Crippen molar-refractivity contribution in [3.63, 3.8) is 0 Å². The normalized spacial score (nSPS) is 19.5. The fourth-order valence-corrected chi connectivity index (χ4v) is 3.46. The smallest absolute Gasteiger partial charge is 0.259 e. The zero-order valence-corrected chi connectivity index (χ0v) is 15.9. The number of nitrogens with one attached hydrogen (secondary N) is 1. The number of aromatic amines is 1. The third-order valence-corrected chi connectivity index (χ3v) is 5.19. The molecule has 1 saturated carbocycles. The number of halogens is 3. The van der Waals surface area contributed by atoms with Crippen LogP contribution in [-0.4, -0.2) is 31.2 Å². The summed E-state index contributed by atoms with van der Waals surface area (Å²) in [5, 5.41) is 11.5. The molecule has 1 fully saturated rings. The average molecular weight is 460 g/mol. The molecule has 0 bridgehead atoms. The summed E-state index contributed by atoms with van der Waals surface area (Å²) in [6, 6.07) is 0. The Morgan fingerprint density at radius 2 is 2.00 bits per heavy atom. The lowest BCUT2D eigenvalue weighted by molar-refractivity contribution is 0.107. The maximum Gasteiger partial charge on any atom is 0.259 e. The van der Waals surface area contributed by atoms with Gasteiger partial charge in [-0.25, -0.2) is 18.7 Å². The fourth-order valence-electron chi connectivity index (χ4n) is 2.62. The molecule has 7 nitrogen and oxygen atoms in total. The summed E-state index contributed by atoms with van der Waals surface area (Å²) >= 11 is 1.95. The molecule has 0 radical (unpaired) electrons. The Morgan fingerprint density at radius 3 is 2.60 bits per heavy atom. The van der Waals surface area contributed by atoms with Gasteiger partial charge >= 0.3 is 0 Å². The van der Waals surface area contributed by atoms with Gasteiger partial charge in [0.1, 0.15) is 23.0 Å². The van der Waals surface area contributed by atoms with E-state index in [2.05, 4.69) is 25.3 Å². The minimum atomic E-state index is -2.73. The van der Waals surface area contributed by atoms with Crippen LogP contribution in [0, 0.1) is 3.57 Å². The Labute approximate surface area is 154 Å². The minimum absolute atomic E-state index is 0.189. The predicted molar refractivity (Wildman–Crippen MR) is 95.3 cm³/mol. The van der Waals surface area contributed by atoms with Crippen LogP contribution in [0.1, 0.15) is 44.7 Å². The van der Waals surface area contributed by atoms with Gasteiger partial charge in [-0.2, -0.15) is 5.10 Å². The molecule has 3 heterocycles. The maximum atomic E-state index is 13.3. The van der Waals surface area contributed by atoms with Crippen molar-refractivity contribution in [3.05, 3.63) is 15.2 Å². The summed E-state index contributed by atoms with van der Waals surface area (Å²) < 4.78 is 32.4. The van der Waals surface area contributed by atoms with Crippen LogP contribution < -0.4 is 5.73 Å². The Balaban J connectivity index is 1.84. The van der Waals surface area contributed by atoms with E-state index in [1.165, 1.54) is 0 Å². The minimum Gasteiger partial charge on any atom is -0.383 e. The molecule has 4 rings (SSSR count). The summed E-state index contributed by atoms with van der Waals surface area (Å²) in [4.78, 5) is 8.81. The Hall–Kier alpha value is -1.85. The fraction of sp³-hybridized carbons (Fsp3) is 0.467. The van der Waals surface area contributed by atoms with Gasteiger partial charge in [-0.15, -0.1) is 0 Å². The number of hydrogen-bond acceptors (Lipinski definition) is 6. The van der Waals surface area contributed by atoms with Crippen LogP contribution in [-0.2, 0) is 5.41 Å². The van der Waals surface area contributed by atoms with Crippen LogP contribution in [0.3, 0.4) is 0 Å². The second kappa shape index (κ2) is 5.08. The van der Waals surface area contributed by atoms with E-state index in [-0.39, 0.29) is 23.4 Å². The number of nitrogens with zero attached hydrogens (tertiary/aromatic N) is 4. The van der Waals surface area contributed by atoms with Crippen molar-refractivity contribution in [2.24, 2.45) is 0 Å². The zero-order chi connectivity index (χ0) is 18.1. The lowest BCUT2D eigenvalue weighted by atomic mass is 9.95. The van der Waals surface area contributed by atoms with Gasteiger partial charge in [0, 0.05) is 11.8 Å². The summed E-state index contributed by atoms with van der Waals surface area (Å²) in [7, 11) is 0. The molecule has 1 atom stereocenters. The second-order valence-electron chi connectivity index (χ2n) is 7.21. The molecule has 3 N–H and O–H groups in total. The van der Waals surface area contributed by atoms with Crippen molar-refractivity contribution in [1.29, 1.82) is 0 Å². The number of H-pyrrole nitrogens is 1. The Bertz CT molecular complexity index is 990. The third-order valence-electron chi connectivity index (χ3n) is 4.15. The first kappa shape index (κ1) is 16.6. The first-order chi connectivity index (χ1) is 11.6. The van der Waals surface area contributed by atoms with Gasteiger partial charge in [-0.1, -0.05) is 25.9 Å². The number of nitrogen functional groups attached to an aromatic ring is 1. The van der Waals surface area contributed by atoms with Gasteiger partial charge in [-0.3, -0.25) is 5.10 Å². The number of fused-ring (bicyclic) bond motifs is 1. The number of nitrogens with two attached hydrogens (primary N) is 1. The SMILES string of the molecule is CC(C)(C)c1nc(N)c2c(-c3noc(C4CC4(F)F)c3I)[nH]nc2n1. The summed E-state index contributed by atoms with van der Waals surface area (Å²) in [6.07, 6.45) is -0.221. The molecule has 0 spiro atoms. The molecule has 1 aliphatic carbocycles. The van der Waals surface area contributed by atoms with Gasteiger partial charge in [0.05, 0.1) is 14.9 Å². The van der Waals surface area contributed by atoms with E-state index in [1.54, 1.807) is 0 Å². The standard InChI is InChI=1S/C15H15F2IN6O/c1-14(2,3)13-20-11(19)6-8(22-23-12(6)21-13)9-7(18)10(25-24-9)5-4-15(5,16)17/h5H,4H2,1-3H3,(H3,19,20,21,22,23). The largest absolute Gasteiger partial charge is 0.383 e. The van der Waals surface area contributed by atoms with Gasteiger partial charge < -0.3 is 10.3 Å². The van der Waals surface area contributed by atoms with Gasteiger partial charge in [0.15, 0.2) is 11.4 Å². The molecule has 1 unspecified atom stereocenters. The van der Waals surface area contributed by atoms with Crippen molar-refractivity contribution in [2.75, 3.05) is 5.73 Å². The van der Waals surface area contributed by atoms with Crippen LogP contribution in [0.5, 0.6) is 0 Å². The molecular formula is C15H15F2IN6O. The lowest BCUT2D eigenvalue weighted by Crippen LogP contribution is -2.17. The van der Waals surface area contributed by atoms with Crippen molar-refractivity contribution in [3.8, 4) is 11.4 Å². The van der Waals surface area contributed by atoms with Gasteiger partial charge in [-0.05, 0) is 22.6 Å². The molecule has 25 heavy (non-hydrogen) atoms. The van der Waals surface area contributed by atoms with E-state index in [0.717, 1.165) is 0 Å². The number of aromatic nitrogens is 5. The van der Waals surface area contributed by atoms with E-state index in [0.29, 0.717) is 31.8 Å². The number of alkyl halides is 2. The number of rotatable bonds is 2. The molecule has 1 aliphatic rings. The molecule has 132 valence electrons. The van der Waals surface area contributed by atoms with E-state index >= 15 is 0 Å². The van der Waals surface area contributed by atoms with E-state index < -0.39 is 11.8 Å². The molecule has 0 amide bonds. The van der Waals surface area contributed by atoms with Crippen LogP contribution >= 0.6 is 22.6 Å². The number of anilines is 1. The highest BCUT2D eigenvalue weighted by atomic mass is 127. The first-order valence-corrected chi connectivity index (χ1v) is 8.73. The van der Waals surface area contributed by atoms with Crippen LogP contribution in [0.25, 0.3) is 22.4 Å². The monoisotopic (exact) mass is 460 g/mol. The van der Waals surface area contributed by atoms with Crippen molar-refractivity contribution in [1.82, 2.24) is 25.3 Å². The van der Waals surface area contributed by atoms with Crippen molar-refractivity contribution in [2.45, 2.75) is 44.4 Å². The molecule has 10 heteroatoms. The number of hydrogen-bond donors (Lipinski definition) is 2.